The van der Waals surface area contributed by atoms with E-state index in [0.717, 1.165) is 11.4 Å². The van der Waals surface area contributed by atoms with Crippen LogP contribution in [0, 0.1) is 6.92 Å². The monoisotopic (exact) mass is 206 g/mol. The molecule has 1 aromatic rings. The fourth-order valence-electron chi connectivity index (χ4n) is 1.29. The van der Waals surface area contributed by atoms with Gasteiger partial charge in [-0.05, 0) is 26.0 Å². The number of aromatic nitrogens is 1. The van der Waals surface area contributed by atoms with Crippen molar-refractivity contribution in [3.05, 3.63) is 29.6 Å². The van der Waals surface area contributed by atoms with Gasteiger partial charge >= 0.3 is 0 Å². The lowest BCUT2D eigenvalue weighted by molar-refractivity contribution is 0.484. The first-order valence-corrected chi connectivity index (χ1v) is 5.07. The molecule has 0 radical (unpaired) electrons. The number of hydrogen-bond donors (Lipinski definition) is 1. The Morgan fingerprint density at radius 2 is 2.27 bits per heavy atom. The van der Waals surface area contributed by atoms with Crippen LogP contribution >= 0.6 is 0 Å². The van der Waals surface area contributed by atoms with Crippen LogP contribution in [0.15, 0.2) is 23.2 Å². The zero-order valence-electron chi connectivity index (χ0n) is 9.57. The van der Waals surface area contributed by atoms with Crippen LogP contribution in [-0.4, -0.2) is 29.4 Å². The Kier molecular flexibility index (Phi) is 4.09. The summed E-state index contributed by atoms with van der Waals surface area (Å²) in [6.45, 7) is 5.34. The summed E-state index contributed by atoms with van der Waals surface area (Å²) in [6.07, 6.45) is 0. The first-order valence-electron chi connectivity index (χ1n) is 5.07. The summed E-state index contributed by atoms with van der Waals surface area (Å²) in [5, 5.41) is 0. The predicted octanol–water partition coefficient (Wildman–Crippen LogP) is 1.16. The maximum absolute atomic E-state index is 5.76. The molecular formula is C11H18N4. The molecule has 0 unspecified atom stereocenters. The van der Waals surface area contributed by atoms with Crippen LogP contribution in [0.3, 0.4) is 0 Å². The second-order valence-electron chi connectivity index (χ2n) is 3.46. The van der Waals surface area contributed by atoms with Crippen LogP contribution in [0.25, 0.3) is 0 Å². The lowest BCUT2D eigenvalue weighted by atomic mass is 10.3. The largest absolute Gasteiger partial charge is 0.370 e. The number of nitrogens with two attached hydrogens (primary N) is 1. The van der Waals surface area contributed by atoms with Gasteiger partial charge in [-0.25, -0.2) is 0 Å². The molecule has 0 amide bonds. The molecule has 0 atom stereocenters. The van der Waals surface area contributed by atoms with Crippen molar-refractivity contribution in [1.29, 1.82) is 0 Å². The van der Waals surface area contributed by atoms with E-state index < -0.39 is 0 Å². The first-order chi connectivity index (χ1) is 7.13. The predicted molar refractivity (Wildman–Crippen MR) is 62.6 cm³/mol. The van der Waals surface area contributed by atoms with Gasteiger partial charge in [0.15, 0.2) is 5.96 Å². The second-order valence-corrected chi connectivity index (χ2v) is 3.46. The van der Waals surface area contributed by atoms with Crippen LogP contribution in [0.5, 0.6) is 0 Å². The molecule has 82 valence electrons. The molecule has 1 heterocycles. The van der Waals surface area contributed by atoms with Crippen LogP contribution in [0.4, 0.5) is 0 Å². The summed E-state index contributed by atoms with van der Waals surface area (Å²) >= 11 is 0. The average molecular weight is 206 g/mol. The highest BCUT2D eigenvalue weighted by Gasteiger charge is 2.03. The number of rotatable bonds is 3. The highest BCUT2D eigenvalue weighted by atomic mass is 15.2. The molecule has 0 saturated carbocycles. The molecule has 15 heavy (non-hydrogen) atoms. The minimum absolute atomic E-state index is 0.556. The highest BCUT2D eigenvalue weighted by Crippen LogP contribution is 2.01. The van der Waals surface area contributed by atoms with Crippen molar-refractivity contribution >= 4 is 5.96 Å². The summed E-state index contributed by atoms with van der Waals surface area (Å²) in [4.78, 5) is 10.4. The van der Waals surface area contributed by atoms with Crippen molar-refractivity contribution in [2.45, 2.75) is 20.4 Å². The van der Waals surface area contributed by atoms with E-state index in [0.29, 0.717) is 19.0 Å². The maximum Gasteiger partial charge on any atom is 0.191 e. The Bertz CT molecular complexity index is 346. The normalized spacial score (nSPS) is 11.5. The Hall–Kier alpha value is -1.58. The van der Waals surface area contributed by atoms with Crippen LogP contribution < -0.4 is 5.73 Å². The molecule has 0 fully saturated rings. The molecule has 0 aliphatic heterocycles. The fraction of sp³-hybridized carbons (Fsp3) is 0.455. The third-order valence-corrected chi connectivity index (χ3v) is 2.06. The van der Waals surface area contributed by atoms with Crippen LogP contribution in [-0.2, 0) is 6.54 Å². The number of nitrogens with zero attached hydrogens (tertiary/aromatic N) is 3. The van der Waals surface area contributed by atoms with E-state index in [-0.39, 0.29) is 0 Å². The number of hydrogen-bond acceptors (Lipinski definition) is 2. The molecule has 4 nitrogen and oxygen atoms in total. The Morgan fingerprint density at radius 3 is 2.87 bits per heavy atom. The van der Waals surface area contributed by atoms with Gasteiger partial charge in [0.1, 0.15) is 0 Å². The summed E-state index contributed by atoms with van der Waals surface area (Å²) in [5.41, 5.74) is 7.79. The van der Waals surface area contributed by atoms with Gasteiger partial charge in [-0.3, -0.25) is 9.98 Å². The van der Waals surface area contributed by atoms with E-state index in [9.17, 15) is 0 Å². The first kappa shape index (κ1) is 11.5. The molecule has 0 aromatic carbocycles. The third kappa shape index (κ3) is 3.58. The lowest BCUT2D eigenvalue weighted by Gasteiger charge is -2.17. The molecule has 4 heteroatoms. The van der Waals surface area contributed by atoms with E-state index in [1.165, 1.54) is 0 Å². The summed E-state index contributed by atoms with van der Waals surface area (Å²) in [6, 6.07) is 5.97. The van der Waals surface area contributed by atoms with Crippen molar-refractivity contribution in [2.75, 3.05) is 13.6 Å². The van der Waals surface area contributed by atoms with Crippen molar-refractivity contribution in [2.24, 2.45) is 10.7 Å². The molecular weight excluding hydrogens is 188 g/mol. The van der Waals surface area contributed by atoms with Gasteiger partial charge in [0.05, 0.1) is 12.2 Å². The zero-order valence-corrected chi connectivity index (χ0v) is 9.57. The molecule has 0 aliphatic carbocycles. The number of guanidine groups is 1. The number of aliphatic imine (C=N–C) groups is 1. The minimum Gasteiger partial charge on any atom is -0.370 e. The van der Waals surface area contributed by atoms with Crippen molar-refractivity contribution < 1.29 is 0 Å². The van der Waals surface area contributed by atoms with E-state index in [1.807, 2.05) is 44.0 Å². The average Bonchev–Trinajstić information content (AvgIpc) is 2.18. The molecule has 1 rings (SSSR count). The molecule has 1 aromatic heterocycles. The summed E-state index contributed by atoms with van der Waals surface area (Å²) in [7, 11) is 1.92. The summed E-state index contributed by atoms with van der Waals surface area (Å²) in [5.74, 6) is 0.556. The molecule has 0 bridgehead atoms. The van der Waals surface area contributed by atoms with E-state index >= 15 is 0 Å². The highest BCUT2D eigenvalue weighted by molar-refractivity contribution is 5.77. The molecule has 0 saturated heterocycles. The topological polar surface area (TPSA) is 54.5 Å². The Balaban J connectivity index is 2.66. The van der Waals surface area contributed by atoms with Gasteiger partial charge in [0.25, 0.3) is 0 Å². The van der Waals surface area contributed by atoms with Crippen molar-refractivity contribution in [1.82, 2.24) is 9.88 Å². The fourth-order valence-corrected chi connectivity index (χ4v) is 1.29. The van der Waals surface area contributed by atoms with Gasteiger partial charge < -0.3 is 10.6 Å². The van der Waals surface area contributed by atoms with Gasteiger partial charge in [-0.2, -0.15) is 0 Å². The Morgan fingerprint density at radius 1 is 1.53 bits per heavy atom. The number of pyridine rings is 1. The Labute approximate surface area is 90.8 Å². The summed E-state index contributed by atoms with van der Waals surface area (Å²) < 4.78 is 0. The zero-order chi connectivity index (χ0) is 11.3. The van der Waals surface area contributed by atoms with Gasteiger partial charge in [0.2, 0.25) is 0 Å². The van der Waals surface area contributed by atoms with Gasteiger partial charge in [-0.15, -0.1) is 0 Å². The van der Waals surface area contributed by atoms with E-state index in [2.05, 4.69) is 9.98 Å². The van der Waals surface area contributed by atoms with Gasteiger partial charge in [-0.1, -0.05) is 6.07 Å². The third-order valence-electron chi connectivity index (χ3n) is 2.06. The molecule has 2 N–H and O–H groups in total. The molecule has 0 spiro atoms. The second kappa shape index (κ2) is 5.34. The van der Waals surface area contributed by atoms with Gasteiger partial charge in [0, 0.05) is 19.3 Å². The minimum atomic E-state index is 0.556. The number of aryl methyl sites for hydroxylation is 1. The quantitative estimate of drug-likeness (QED) is 0.596. The molecule has 0 aliphatic rings. The van der Waals surface area contributed by atoms with Crippen molar-refractivity contribution in [3.63, 3.8) is 0 Å². The van der Waals surface area contributed by atoms with Crippen LogP contribution in [0.2, 0.25) is 0 Å². The standard InChI is InChI=1S/C11H18N4/c1-4-13-11(12)15(3)8-10-7-5-6-9(2)14-10/h5-7H,4,8H2,1-3H3,(H2,12,13). The lowest BCUT2D eigenvalue weighted by Crippen LogP contribution is -2.33. The smallest absolute Gasteiger partial charge is 0.191 e. The van der Waals surface area contributed by atoms with Crippen LogP contribution in [0.1, 0.15) is 18.3 Å². The SMILES string of the molecule is CCN=C(N)N(C)Cc1cccc(C)n1. The van der Waals surface area contributed by atoms with E-state index in [4.69, 9.17) is 5.73 Å². The van der Waals surface area contributed by atoms with Crippen molar-refractivity contribution in [3.8, 4) is 0 Å². The van der Waals surface area contributed by atoms with E-state index in [1.54, 1.807) is 0 Å². The maximum atomic E-state index is 5.76.